The van der Waals surface area contributed by atoms with Crippen molar-refractivity contribution < 1.29 is 18.0 Å². The zero-order valence-electron chi connectivity index (χ0n) is 13.5. The molecule has 2 saturated carbocycles. The van der Waals surface area contributed by atoms with Gasteiger partial charge in [-0.1, -0.05) is 31.4 Å². The summed E-state index contributed by atoms with van der Waals surface area (Å²) in [5.41, 5.74) is -0.986. The Morgan fingerprint density at radius 3 is 2.33 bits per heavy atom. The summed E-state index contributed by atoms with van der Waals surface area (Å²) >= 11 is 0. The van der Waals surface area contributed by atoms with E-state index in [-0.39, 0.29) is 23.3 Å². The topological polar surface area (TPSA) is 23.6 Å². The highest BCUT2D eigenvalue weighted by atomic mass is 19.4. The maximum atomic E-state index is 13.4. The first-order valence-corrected chi connectivity index (χ1v) is 8.69. The van der Waals surface area contributed by atoms with Crippen molar-refractivity contribution in [1.29, 1.82) is 0 Å². The zero-order chi connectivity index (χ0) is 16.9. The molecule has 4 rings (SSSR count). The molecule has 0 radical (unpaired) electrons. The van der Waals surface area contributed by atoms with E-state index in [1.807, 2.05) is 4.90 Å². The SMILES string of the molecule is O=C1N(c2ccccc2C(F)(F)F)CC2(CCCCC2)N1C1CC1. The average molecular weight is 338 g/mol. The van der Waals surface area contributed by atoms with E-state index in [0.29, 0.717) is 6.54 Å². The van der Waals surface area contributed by atoms with Crippen molar-refractivity contribution in [3.63, 3.8) is 0 Å². The average Bonchev–Trinajstić information content (AvgIpc) is 3.34. The molecular weight excluding hydrogens is 317 g/mol. The van der Waals surface area contributed by atoms with Gasteiger partial charge in [0.1, 0.15) is 0 Å². The summed E-state index contributed by atoms with van der Waals surface area (Å²) in [5, 5.41) is 0. The Morgan fingerprint density at radius 1 is 1.04 bits per heavy atom. The minimum atomic E-state index is -4.45. The lowest BCUT2D eigenvalue weighted by molar-refractivity contribution is -0.137. The number of urea groups is 1. The first-order chi connectivity index (χ1) is 11.4. The van der Waals surface area contributed by atoms with E-state index in [2.05, 4.69) is 0 Å². The van der Waals surface area contributed by atoms with Gasteiger partial charge in [-0.05, 0) is 37.8 Å². The van der Waals surface area contributed by atoms with Crippen LogP contribution in [0, 0.1) is 0 Å². The third kappa shape index (κ3) is 2.47. The minimum absolute atomic E-state index is 0.00287. The monoisotopic (exact) mass is 338 g/mol. The Kier molecular flexibility index (Phi) is 3.55. The highest BCUT2D eigenvalue weighted by Gasteiger charge is 2.55. The Labute approximate surface area is 139 Å². The predicted octanol–water partition coefficient (Wildman–Crippen LogP) is 4.81. The summed E-state index contributed by atoms with van der Waals surface area (Å²) in [6, 6.07) is 5.42. The van der Waals surface area contributed by atoms with Crippen LogP contribution < -0.4 is 4.90 Å². The van der Waals surface area contributed by atoms with Gasteiger partial charge in [-0.3, -0.25) is 4.90 Å². The molecule has 1 aliphatic heterocycles. The number of nitrogens with zero attached hydrogens (tertiary/aromatic N) is 2. The maximum absolute atomic E-state index is 13.4. The number of hydrogen-bond acceptors (Lipinski definition) is 1. The van der Waals surface area contributed by atoms with Crippen molar-refractivity contribution in [2.24, 2.45) is 0 Å². The standard InChI is InChI=1S/C18H21F3N2O/c19-18(20,21)14-6-2-3-7-15(14)22-12-17(10-4-1-5-11-17)23(16(22)24)13-8-9-13/h2-3,6-7,13H,1,4-5,8-12H2. The van der Waals surface area contributed by atoms with Crippen molar-refractivity contribution in [2.75, 3.05) is 11.4 Å². The van der Waals surface area contributed by atoms with Crippen LogP contribution in [-0.2, 0) is 6.18 Å². The lowest BCUT2D eigenvalue weighted by Gasteiger charge is -2.40. The Bertz CT molecular complexity index is 648. The number of rotatable bonds is 2. The first-order valence-electron chi connectivity index (χ1n) is 8.69. The molecule has 1 aromatic carbocycles. The number of carbonyl (C=O) groups excluding carboxylic acids is 1. The van der Waals surface area contributed by atoms with Gasteiger partial charge in [-0.25, -0.2) is 4.79 Å². The third-order valence-electron chi connectivity index (χ3n) is 5.60. The lowest BCUT2D eigenvalue weighted by atomic mass is 9.81. The maximum Gasteiger partial charge on any atom is 0.418 e. The molecule has 0 aromatic heterocycles. The van der Waals surface area contributed by atoms with Crippen LogP contribution in [0.15, 0.2) is 24.3 Å². The zero-order valence-corrected chi connectivity index (χ0v) is 13.5. The smallest absolute Gasteiger partial charge is 0.314 e. The molecule has 6 heteroatoms. The van der Waals surface area contributed by atoms with Gasteiger partial charge in [-0.15, -0.1) is 0 Å². The Morgan fingerprint density at radius 2 is 1.71 bits per heavy atom. The van der Waals surface area contributed by atoms with Crippen LogP contribution in [0.3, 0.4) is 0 Å². The lowest BCUT2D eigenvalue weighted by Crippen LogP contribution is -2.49. The summed E-state index contributed by atoms with van der Waals surface area (Å²) in [6.45, 7) is 0.384. The quantitative estimate of drug-likeness (QED) is 0.759. The van der Waals surface area contributed by atoms with Crippen molar-refractivity contribution in [2.45, 2.75) is 62.7 Å². The summed E-state index contributed by atoms with van der Waals surface area (Å²) in [5.74, 6) is 0. The van der Waals surface area contributed by atoms with Crippen LogP contribution in [0.4, 0.5) is 23.7 Å². The van der Waals surface area contributed by atoms with Crippen LogP contribution >= 0.6 is 0 Å². The van der Waals surface area contributed by atoms with Gasteiger partial charge in [0, 0.05) is 6.04 Å². The van der Waals surface area contributed by atoms with E-state index < -0.39 is 11.7 Å². The van der Waals surface area contributed by atoms with Crippen LogP contribution in [0.25, 0.3) is 0 Å². The van der Waals surface area contributed by atoms with E-state index in [1.54, 1.807) is 6.07 Å². The molecule has 2 amide bonds. The molecule has 0 atom stereocenters. The summed E-state index contributed by atoms with van der Waals surface area (Å²) < 4.78 is 40.1. The molecule has 0 N–H and O–H groups in total. The molecule has 3 nitrogen and oxygen atoms in total. The largest absolute Gasteiger partial charge is 0.418 e. The van der Waals surface area contributed by atoms with E-state index in [0.717, 1.165) is 51.0 Å². The number of hydrogen-bond donors (Lipinski definition) is 0. The van der Waals surface area contributed by atoms with E-state index in [4.69, 9.17) is 0 Å². The molecular formula is C18H21F3N2O. The summed E-state index contributed by atoms with van der Waals surface area (Å²) in [6.07, 6.45) is 2.54. The summed E-state index contributed by atoms with van der Waals surface area (Å²) in [7, 11) is 0. The van der Waals surface area contributed by atoms with Crippen LogP contribution in [0.5, 0.6) is 0 Å². The molecule has 3 aliphatic rings. The normalized spacial score (nSPS) is 24.0. The number of carbonyl (C=O) groups is 1. The third-order valence-corrected chi connectivity index (χ3v) is 5.60. The number of halogens is 3. The predicted molar refractivity (Wildman–Crippen MR) is 84.9 cm³/mol. The fraction of sp³-hybridized carbons (Fsp3) is 0.611. The fourth-order valence-corrected chi connectivity index (χ4v) is 4.39. The van der Waals surface area contributed by atoms with Crippen molar-refractivity contribution in [1.82, 2.24) is 4.90 Å². The van der Waals surface area contributed by atoms with Gasteiger partial charge in [0.2, 0.25) is 0 Å². The highest BCUT2D eigenvalue weighted by Crippen LogP contribution is 2.48. The molecule has 0 unspecified atom stereocenters. The van der Waals surface area contributed by atoms with Crippen molar-refractivity contribution in [3.8, 4) is 0 Å². The van der Waals surface area contributed by atoms with Gasteiger partial charge in [0.05, 0.1) is 23.3 Å². The second-order valence-corrected chi connectivity index (χ2v) is 7.27. The van der Waals surface area contributed by atoms with Gasteiger partial charge >= 0.3 is 12.2 Å². The van der Waals surface area contributed by atoms with E-state index in [9.17, 15) is 18.0 Å². The molecule has 1 aromatic rings. The van der Waals surface area contributed by atoms with Gasteiger partial charge in [0.25, 0.3) is 0 Å². The molecule has 1 saturated heterocycles. The second-order valence-electron chi connectivity index (χ2n) is 7.27. The molecule has 1 heterocycles. The molecule has 0 bridgehead atoms. The van der Waals surface area contributed by atoms with Crippen molar-refractivity contribution in [3.05, 3.63) is 29.8 Å². The molecule has 1 spiro atoms. The number of amides is 2. The van der Waals surface area contributed by atoms with Gasteiger partial charge in [-0.2, -0.15) is 13.2 Å². The van der Waals surface area contributed by atoms with E-state index in [1.165, 1.54) is 17.0 Å². The van der Waals surface area contributed by atoms with Crippen LogP contribution in [-0.4, -0.2) is 29.1 Å². The highest BCUT2D eigenvalue weighted by molar-refractivity contribution is 5.96. The van der Waals surface area contributed by atoms with E-state index >= 15 is 0 Å². The minimum Gasteiger partial charge on any atom is -0.314 e. The van der Waals surface area contributed by atoms with Gasteiger partial charge < -0.3 is 4.90 Å². The number of para-hydroxylation sites is 1. The molecule has 24 heavy (non-hydrogen) atoms. The number of benzene rings is 1. The molecule has 2 aliphatic carbocycles. The van der Waals surface area contributed by atoms with Gasteiger partial charge in [0.15, 0.2) is 0 Å². The molecule has 3 fully saturated rings. The van der Waals surface area contributed by atoms with Crippen LogP contribution in [0.1, 0.15) is 50.5 Å². The fourth-order valence-electron chi connectivity index (χ4n) is 4.39. The Hall–Kier alpha value is -1.72. The van der Waals surface area contributed by atoms with Crippen molar-refractivity contribution >= 4 is 11.7 Å². The Balaban J connectivity index is 1.74. The number of anilines is 1. The number of alkyl halides is 3. The molecule has 130 valence electrons. The first kappa shape index (κ1) is 15.8. The van der Waals surface area contributed by atoms with Crippen LogP contribution in [0.2, 0.25) is 0 Å². The second kappa shape index (κ2) is 5.39. The summed E-state index contributed by atoms with van der Waals surface area (Å²) in [4.78, 5) is 16.3.